The van der Waals surface area contributed by atoms with Crippen molar-refractivity contribution in [3.63, 3.8) is 0 Å². The zero-order valence-corrected chi connectivity index (χ0v) is 15.8. The quantitative estimate of drug-likeness (QED) is 0.688. The SMILES string of the molecule is CC1=C(C(=O)Nc2cccc(Cl)c2C)[C@@H](c2ccc(F)cc2)NC(=S)N1. The smallest absolute Gasteiger partial charge is 0.255 e. The van der Waals surface area contributed by atoms with E-state index in [0.717, 1.165) is 11.1 Å². The normalized spacial score (nSPS) is 16.8. The van der Waals surface area contributed by atoms with Crippen LogP contribution in [0.5, 0.6) is 0 Å². The van der Waals surface area contributed by atoms with Gasteiger partial charge >= 0.3 is 0 Å². The van der Waals surface area contributed by atoms with Gasteiger partial charge in [0, 0.05) is 16.4 Å². The van der Waals surface area contributed by atoms with Crippen molar-refractivity contribution >= 4 is 40.5 Å². The van der Waals surface area contributed by atoms with Crippen molar-refractivity contribution in [2.75, 3.05) is 5.32 Å². The highest BCUT2D eigenvalue weighted by atomic mass is 35.5. The summed E-state index contributed by atoms with van der Waals surface area (Å²) >= 11 is 11.3. The van der Waals surface area contributed by atoms with Crippen LogP contribution in [0.15, 0.2) is 53.7 Å². The standard InChI is InChI=1S/C19H17ClFN3OS/c1-10-14(20)4-3-5-15(10)23-18(25)16-11(2)22-19(26)24-17(16)12-6-8-13(21)9-7-12/h3-9,17H,1-2H3,(H,23,25)(H2,22,24,26)/t17-/m1/s1. The van der Waals surface area contributed by atoms with Gasteiger partial charge < -0.3 is 16.0 Å². The van der Waals surface area contributed by atoms with Gasteiger partial charge in [0.2, 0.25) is 0 Å². The predicted molar refractivity (Wildman–Crippen MR) is 106 cm³/mol. The summed E-state index contributed by atoms with van der Waals surface area (Å²) in [6.45, 7) is 3.62. The van der Waals surface area contributed by atoms with Crippen molar-refractivity contribution in [1.82, 2.24) is 10.6 Å². The van der Waals surface area contributed by atoms with Crippen LogP contribution in [0.25, 0.3) is 0 Å². The van der Waals surface area contributed by atoms with Crippen LogP contribution in [0.3, 0.4) is 0 Å². The lowest BCUT2D eigenvalue weighted by atomic mass is 9.95. The molecule has 0 aliphatic carbocycles. The molecule has 26 heavy (non-hydrogen) atoms. The molecule has 1 aliphatic rings. The molecule has 3 rings (SSSR count). The summed E-state index contributed by atoms with van der Waals surface area (Å²) < 4.78 is 13.3. The van der Waals surface area contributed by atoms with E-state index in [1.807, 2.05) is 6.92 Å². The van der Waals surface area contributed by atoms with Crippen LogP contribution in [0.4, 0.5) is 10.1 Å². The Labute approximate surface area is 161 Å². The maximum Gasteiger partial charge on any atom is 0.255 e. The van der Waals surface area contributed by atoms with Gasteiger partial charge in [-0.2, -0.15) is 0 Å². The van der Waals surface area contributed by atoms with Crippen LogP contribution in [0.1, 0.15) is 24.1 Å². The molecule has 2 aromatic carbocycles. The van der Waals surface area contributed by atoms with Crippen LogP contribution < -0.4 is 16.0 Å². The number of hydrogen-bond donors (Lipinski definition) is 3. The first-order valence-corrected chi connectivity index (χ1v) is 8.75. The summed E-state index contributed by atoms with van der Waals surface area (Å²) in [5, 5.41) is 9.93. The third-order valence-electron chi connectivity index (χ3n) is 4.23. The highest BCUT2D eigenvalue weighted by molar-refractivity contribution is 7.80. The summed E-state index contributed by atoms with van der Waals surface area (Å²) in [6, 6.07) is 10.8. The van der Waals surface area contributed by atoms with Gasteiger partial charge in [0.15, 0.2) is 5.11 Å². The molecule has 1 amide bonds. The number of amides is 1. The van der Waals surface area contributed by atoms with Crippen molar-refractivity contribution in [3.05, 3.63) is 75.7 Å². The van der Waals surface area contributed by atoms with Crippen molar-refractivity contribution < 1.29 is 9.18 Å². The van der Waals surface area contributed by atoms with Gasteiger partial charge in [0.05, 0.1) is 11.6 Å². The van der Waals surface area contributed by atoms with E-state index in [4.69, 9.17) is 23.8 Å². The predicted octanol–water partition coefficient (Wildman–Crippen LogP) is 4.22. The van der Waals surface area contributed by atoms with Crippen molar-refractivity contribution in [3.8, 4) is 0 Å². The van der Waals surface area contributed by atoms with E-state index in [9.17, 15) is 9.18 Å². The van der Waals surface area contributed by atoms with Gasteiger partial charge in [-0.3, -0.25) is 4.79 Å². The minimum Gasteiger partial charge on any atom is -0.351 e. The van der Waals surface area contributed by atoms with Gasteiger partial charge in [-0.1, -0.05) is 29.8 Å². The number of carbonyl (C=O) groups is 1. The highest BCUT2D eigenvalue weighted by Gasteiger charge is 2.30. The van der Waals surface area contributed by atoms with Crippen LogP contribution in [-0.4, -0.2) is 11.0 Å². The number of halogens is 2. The van der Waals surface area contributed by atoms with Crippen LogP contribution >= 0.6 is 23.8 Å². The summed E-state index contributed by atoms with van der Waals surface area (Å²) in [5.41, 5.74) is 3.27. The summed E-state index contributed by atoms with van der Waals surface area (Å²) in [5.74, 6) is -0.629. The first-order chi connectivity index (χ1) is 12.4. The lowest BCUT2D eigenvalue weighted by Gasteiger charge is -2.30. The van der Waals surface area contributed by atoms with Crippen molar-refractivity contribution in [1.29, 1.82) is 0 Å². The van der Waals surface area contributed by atoms with E-state index in [1.165, 1.54) is 12.1 Å². The molecule has 1 aliphatic heterocycles. The van der Waals surface area contributed by atoms with Crippen LogP contribution in [0.2, 0.25) is 5.02 Å². The molecule has 2 aromatic rings. The minimum absolute atomic E-state index is 0.287. The molecule has 1 atom stereocenters. The lowest BCUT2D eigenvalue weighted by Crippen LogP contribution is -2.45. The molecule has 0 saturated carbocycles. The molecular weight excluding hydrogens is 373 g/mol. The molecular formula is C19H17ClFN3OS. The maximum absolute atomic E-state index is 13.3. The second kappa shape index (κ2) is 7.43. The molecule has 0 aromatic heterocycles. The molecule has 134 valence electrons. The third kappa shape index (κ3) is 3.71. The average molecular weight is 390 g/mol. The first-order valence-electron chi connectivity index (χ1n) is 7.97. The summed E-state index contributed by atoms with van der Waals surface area (Å²) in [4.78, 5) is 13.0. The Hall–Kier alpha value is -2.44. The number of hydrogen-bond acceptors (Lipinski definition) is 2. The number of nitrogens with one attached hydrogen (secondary N) is 3. The molecule has 0 spiro atoms. The van der Waals surface area contributed by atoms with E-state index in [2.05, 4.69) is 16.0 Å². The number of allylic oxidation sites excluding steroid dienone is 1. The first kappa shape index (κ1) is 18.4. The van der Waals surface area contributed by atoms with Gasteiger partial charge in [0.1, 0.15) is 5.82 Å². The van der Waals surface area contributed by atoms with Crippen LogP contribution in [0, 0.1) is 12.7 Å². The Morgan fingerprint density at radius 3 is 2.58 bits per heavy atom. The van der Waals surface area contributed by atoms with E-state index in [0.29, 0.717) is 27.1 Å². The van der Waals surface area contributed by atoms with E-state index < -0.39 is 6.04 Å². The fourth-order valence-corrected chi connectivity index (χ4v) is 3.28. The van der Waals surface area contributed by atoms with Crippen molar-refractivity contribution in [2.45, 2.75) is 19.9 Å². The Bertz CT molecular complexity index is 912. The van der Waals surface area contributed by atoms with Gasteiger partial charge in [-0.05, 0) is 61.5 Å². The minimum atomic E-state index is -0.483. The number of carbonyl (C=O) groups excluding carboxylic acids is 1. The number of anilines is 1. The second-order valence-corrected chi connectivity index (χ2v) is 6.80. The average Bonchev–Trinajstić information content (AvgIpc) is 2.59. The third-order valence-corrected chi connectivity index (χ3v) is 4.86. The molecule has 3 N–H and O–H groups in total. The van der Waals surface area contributed by atoms with Gasteiger partial charge in [0.25, 0.3) is 5.91 Å². The molecule has 4 nitrogen and oxygen atoms in total. The number of benzene rings is 2. The zero-order valence-electron chi connectivity index (χ0n) is 14.2. The Morgan fingerprint density at radius 1 is 1.19 bits per heavy atom. The van der Waals surface area contributed by atoms with Crippen molar-refractivity contribution in [2.24, 2.45) is 0 Å². The van der Waals surface area contributed by atoms with Gasteiger partial charge in [-0.15, -0.1) is 0 Å². The molecule has 0 fully saturated rings. The second-order valence-electron chi connectivity index (χ2n) is 5.99. The Kier molecular flexibility index (Phi) is 5.25. The molecule has 7 heteroatoms. The van der Waals surface area contributed by atoms with Crippen LogP contribution in [-0.2, 0) is 4.79 Å². The Balaban J connectivity index is 1.96. The largest absolute Gasteiger partial charge is 0.351 e. The Morgan fingerprint density at radius 2 is 1.88 bits per heavy atom. The molecule has 0 radical (unpaired) electrons. The number of thiocarbonyl (C=S) groups is 1. The highest BCUT2D eigenvalue weighted by Crippen LogP contribution is 2.29. The molecule has 0 unspecified atom stereocenters. The monoisotopic (exact) mass is 389 g/mol. The molecule has 1 heterocycles. The van der Waals surface area contributed by atoms with E-state index in [-0.39, 0.29) is 11.7 Å². The summed E-state index contributed by atoms with van der Waals surface area (Å²) in [7, 11) is 0. The number of rotatable bonds is 3. The van der Waals surface area contributed by atoms with Gasteiger partial charge in [-0.25, -0.2) is 4.39 Å². The maximum atomic E-state index is 13.3. The van der Waals surface area contributed by atoms with E-state index >= 15 is 0 Å². The fourth-order valence-electron chi connectivity index (χ4n) is 2.83. The molecule has 0 saturated heterocycles. The fraction of sp³-hybridized carbons (Fsp3) is 0.158. The molecule has 0 bridgehead atoms. The topological polar surface area (TPSA) is 53.2 Å². The lowest BCUT2D eigenvalue weighted by molar-refractivity contribution is -0.113. The summed E-state index contributed by atoms with van der Waals surface area (Å²) in [6.07, 6.45) is 0. The van der Waals surface area contributed by atoms with E-state index in [1.54, 1.807) is 37.3 Å². The zero-order chi connectivity index (χ0) is 18.8.